The SMILES string of the molecule is Cc1cc(OCC2CCCNC2)ncc1[N+](=O)[O-]. The summed E-state index contributed by atoms with van der Waals surface area (Å²) < 4.78 is 5.59. The number of nitro groups is 1. The Morgan fingerprint density at radius 1 is 1.67 bits per heavy atom. The van der Waals surface area contributed by atoms with Crippen molar-refractivity contribution < 1.29 is 9.66 Å². The Morgan fingerprint density at radius 2 is 2.50 bits per heavy atom. The fraction of sp³-hybridized carbons (Fsp3) is 0.583. The predicted molar refractivity (Wildman–Crippen MR) is 66.7 cm³/mol. The maximum Gasteiger partial charge on any atom is 0.290 e. The molecule has 0 aromatic carbocycles. The van der Waals surface area contributed by atoms with Crippen molar-refractivity contribution in [2.24, 2.45) is 5.92 Å². The Kier molecular flexibility index (Phi) is 4.09. The summed E-state index contributed by atoms with van der Waals surface area (Å²) >= 11 is 0. The van der Waals surface area contributed by atoms with Crippen LogP contribution in [0.25, 0.3) is 0 Å². The molecule has 1 fully saturated rings. The third kappa shape index (κ3) is 3.16. The number of rotatable bonds is 4. The lowest BCUT2D eigenvalue weighted by Gasteiger charge is -2.22. The first-order valence-corrected chi connectivity index (χ1v) is 6.11. The molecular formula is C12H17N3O3. The molecule has 1 N–H and O–H groups in total. The first-order valence-electron chi connectivity index (χ1n) is 6.11. The van der Waals surface area contributed by atoms with Gasteiger partial charge < -0.3 is 10.1 Å². The molecule has 1 unspecified atom stereocenters. The molecule has 0 spiro atoms. The molecule has 6 nitrogen and oxygen atoms in total. The van der Waals surface area contributed by atoms with E-state index in [0.717, 1.165) is 19.5 Å². The van der Waals surface area contributed by atoms with Gasteiger partial charge in [0.2, 0.25) is 5.88 Å². The smallest absolute Gasteiger partial charge is 0.290 e. The Bertz CT molecular complexity index is 431. The van der Waals surface area contributed by atoms with Gasteiger partial charge in [-0.05, 0) is 26.3 Å². The predicted octanol–water partition coefficient (Wildman–Crippen LogP) is 1.68. The highest BCUT2D eigenvalue weighted by molar-refractivity contribution is 5.39. The standard InChI is InChI=1S/C12H17N3O3/c1-9-5-12(14-7-11(9)15(16)17)18-8-10-3-2-4-13-6-10/h5,7,10,13H,2-4,6,8H2,1H3. The summed E-state index contributed by atoms with van der Waals surface area (Å²) in [4.78, 5) is 14.2. The molecule has 0 radical (unpaired) electrons. The number of piperidine rings is 1. The van der Waals surface area contributed by atoms with Crippen molar-refractivity contribution in [3.8, 4) is 5.88 Å². The Labute approximate surface area is 106 Å². The van der Waals surface area contributed by atoms with E-state index < -0.39 is 4.92 Å². The van der Waals surface area contributed by atoms with Crippen molar-refractivity contribution in [1.82, 2.24) is 10.3 Å². The molecule has 2 rings (SSSR count). The van der Waals surface area contributed by atoms with E-state index in [0.29, 0.717) is 24.0 Å². The molecule has 18 heavy (non-hydrogen) atoms. The van der Waals surface area contributed by atoms with Gasteiger partial charge in [0.15, 0.2) is 0 Å². The van der Waals surface area contributed by atoms with Crippen LogP contribution in [0, 0.1) is 23.0 Å². The molecule has 1 aromatic rings. The number of nitrogens with zero attached hydrogens (tertiary/aromatic N) is 2. The molecule has 1 aliphatic rings. The van der Waals surface area contributed by atoms with E-state index in [4.69, 9.17) is 4.74 Å². The molecule has 1 saturated heterocycles. The first-order chi connectivity index (χ1) is 8.66. The van der Waals surface area contributed by atoms with Crippen LogP contribution in [0.5, 0.6) is 5.88 Å². The largest absolute Gasteiger partial charge is 0.477 e. The van der Waals surface area contributed by atoms with Gasteiger partial charge in [-0.3, -0.25) is 10.1 Å². The van der Waals surface area contributed by atoms with Gasteiger partial charge in [0, 0.05) is 24.1 Å². The molecule has 0 amide bonds. The van der Waals surface area contributed by atoms with Crippen LogP contribution in [0.4, 0.5) is 5.69 Å². The van der Waals surface area contributed by atoms with Crippen molar-refractivity contribution >= 4 is 5.69 Å². The first kappa shape index (κ1) is 12.8. The van der Waals surface area contributed by atoms with E-state index in [-0.39, 0.29) is 5.69 Å². The Morgan fingerprint density at radius 3 is 3.11 bits per heavy atom. The Balaban J connectivity index is 1.93. The fourth-order valence-electron chi connectivity index (χ4n) is 2.06. The van der Waals surface area contributed by atoms with Crippen LogP contribution in [0.3, 0.4) is 0 Å². The summed E-state index contributed by atoms with van der Waals surface area (Å²) in [6, 6.07) is 1.62. The lowest BCUT2D eigenvalue weighted by Crippen LogP contribution is -2.33. The number of ether oxygens (including phenoxy) is 1. The van der Waals surface area contributed by atoms with Crippen LogP contribution < -0.4 is 10.1 Å². The molecule has 2 heterocycles. The average Bonchev–Trinajstić information content (AvgIpc) is 2.37. The lowest BCUT2D eigenvalue weighted by molar-refractivity contribution is -0.385. The third-order valence-electron chi connectivity index (χ3n) is 3.12. The van der Waals surface area contributed by atoms with Crippen LogP contribution in [0.2, 0.25) is 0 Å². The number of nitrogens with one attached hydrogen (secondary N) is 1. The van der Waals surface area contributed by atoms with Gasteiger partial charge >= 0.3 is 0 Å². The second-order valence-electron chi connectivity index (χ2n) is 4.59. The fourth-order valence-corrected chi connectivity index (χ4v) is 2.06. The zero-order chi connectivity index (χ0) is 13.0. The number of aromatic nitrogens is 1. The normalized spacial score (nSPS) is 19.5. The van der Waals surface area contributed by atoms with Gasteiger partial charge in [-0.25, -0.2) is 4.98 Å². The topological polar surface area (TPSA) is 77.3 Å². The van der Waals surface area contributed by atoms with Gasteiger partial charge in [-0.1, -0.05) is 0 Å². The van der Waals surface area contributed by atoms with E-state index in [1.54, 1.807) is 13.0 Å². The zero-order valence-electron chi connectivity index (χ0n) is 10.4. The van der Waals surface area contributed by atoms with Crippen molar-refractivity contribution in [2.45, 2.75) is 19.8 Å². The summed E-state index contributed by atoms with van der Waals surface area (Å²) in [5, 5.41) is 14.0. The van der Waals surface area contributed by atoms with Crippen LogP contribution in [-0.4, -0.2) is 29.6 Å². The van der Waals surface area contributed by atoms with E-state index in [9.17, 15) is 10.1 Å². The minimum atomic E-state index is -0.433. The van der Waals surface area contributed by atoms with Crippen molar-refractivity contribution in [3.05, 3.63) is 27.9 Å². The molecular weight excluding hydrogens is 234 g/mol. The molecule has 1 aromatic heterocycles. The monoisotopic (exact) mass is 251 g/mol. The summed E-state index contributed by atoms with van der Waals surface area (Å²) in [6.07, 6.45) is 3.57. The summed E-state index contributed by atoms with van der Waals surface area (Å²) in [6.45, 7) is 4.34. The van der Waals surface area contributed by atoms with Gasteiger partial charge in [0.1, 0.15) is 6.20 Å². The van der Waals surface area contributed by atoms with E-state index in [2.05, 4.69) is 10.3 Å². The maximum absolute atomic E-state index is 10.7. The quantitative estimate of drug-likeness (QED) is 0.650. The minimum Gasteiger partial charge on any atom is -0.477 e. The highest BCUT2D eigenvalue weighted by Gasteiger charge is 2.15. The van der Waals surface area contributed by atoms with Crippen molar-refractivity contribution in [2.75, 3.05) is 19.7 Å². The van der Waals surface area contributed by atoms with Gasteiger partial charge in [0.25, 0.3) is 5.69 Å². The highest BCUT2D eigenvalue weighted by atomic mass is 16.6. The summed E-state index contributed by atoms with van der Waals surface area (Å²) in [7, 11) is 0. The summed E-state index contributed by atoms with van der Waals surface area (Å²) in [5.41, 5.74) is 0.605. The number of hydrogen-bond acceptors (Lipinski definition) is 5. The molecule has 0 aliphatic carbocycles. The van der Waals surface area contributed by atoms with Crippen LogP contribution in [-0.2, 0) is 0 Å². The molecule has 6 heteroatoms. The summed E-state index contributed by atoms with van der Waals surface area (Å²) in [5.74, 6) is 0.958. The van der Waals surface area contributed by atoms with Gasteiger partial charge in [-0.15, -0.1) is 0 Å². The molecule has 0 bridgehead atoms. The zero-order valence-corrected chi connectivity index (χ0v) is 10.4. The van der Waals surface area contributed by atoms with Crippen molar-refractivity contribution in [3.63, 3.8) is 0 Å². The Hall–Kier alpha value is -1.69. The average molecular weight is 251 g/mol. The second kappa shape index (κ2) is 5.77. The maximum atomic E-state index is 10.7. The highest BCUT2D eigenvalue weighted by Crippen LogP contribution is 2.21. The van der Waals surface area contributed by atoms with Crippen molar-refractivity contribution in [1.29, 1.82) is 0 Å². The molecule has 1 atom stereocenters. The van der Waals surface area contributed by atoms with Crippen LogP contribution in [0.1, 0.15) is 18.4 Å². The molecule has 98 valence electrons. The van der Waals surface area contributed by atoms with E-state index >= 15 is 0 Å². The number of aryl methyl sites for hydroxylation is 1. The van der Waals surface area contributed by atoms with E-state index in [1.165, 1.54) is 12.6 Å². The molecule has 0 saturated carbocycles. The van der Waals surface area contributed by atoms with Crippen LogP contribution >= 0.6 is 0 Å². The second-order valence-corrected chi connectivity index (χ2v) is 4.59. The third-order valence-corrected chi connectivity index (χ3v) is 3.12. The number of hydrogen-bond donors (Lipinski definition) is 1. The van der Waals surface area contributed by atoms with Crippen LogP contribution in [0.15, 0.2) is 12.3 Å². The lowest BCUT2D eigenvalue weighted by atomic mass is 10.0. The van der Waals surface area contributed by atoms with Gasteiger partial charge in [0.05, 0.1) is 11.5 Å². The minimum absolute atomic E-state index is 0.0293. The van der Waals surface area contributed by atoms with Gasteiger partial charge in [-0.2, -0.15) is 0 Å². The number of pyridine rings is 1. The van der Waals surface area contributed by atoms with E-state index in [1.807, 2.05) is 0 Å². The molecule has 1 aliphatic heterocycles.